The summed E-state index contributed by atoms with van der Waals surface area (Å²) in [6, 6.07) is 6.39. The van der Waals surface area contributed by atoms with Crippen LogP contribution >= 0.6 is 34.2 Å². The van der Waals surface area contributed by atoms with Crippen LogP contribution in [-0.2, 0) is 0 Å². The predicted molar refractivity (Wildman–Crippen MR) is 90.5 cm³/mol. The SMILES string of the molecule is CCNc1nccc(C(=O)Nc2ccc(Cl)cc2I)c1F. The van der Waals surface area contributed by atoms with Crippen molar-refractivity contribution in [2.24, 2.45) is 0 Å². The number of nitrogens with one attached hydrogen (secondary N) is 2. The summed E-state index contributed by atoms with van der Waals surface area (Å²) in [4.78, 5) is 16.0. The van der Waals surface area contributed by atoms with Crippen molar-refractivity contribution in [2.75, 3.05) is 17.2 Å². The van der Waals surface area contributed by atoms with Crippen LogP contribution in [0.2, 0.25) is 5.02 Å². The Morgan fingerprint density at radius 3 is 2.86 bits per heavy atom. The molecule has 0 aliphatic rings. The second-order valence-corrected chi connectivity index (χ2v) is 5.73. The third kappa shape index (κ3) is 3.82. The average molecular weight is 420 g/mol. The van der Waals surface area contributed by atoms with Gasteiger partial charge < -0.3 is 10.6 Å². The molecule has 0 aliphatic heterocycles. The van der Waals surface area contributed by atoms with Gasteiger partial charge in [-0.1, -0.05) is 11.6 Å². The molecule has 7 heteroatoms. The van der Waals surface area contributed by atoms with Crippen LogP contribution in [0.3, 0.4) is 0 Å². The highest BCUT2D eigenvalue weighted by Gasteiger charge is 2.16. The Morgan fingerprint density at radius 2 is 2.19 bits per heavy atom. The standard InChI is InChI=1S/C14H12ClFIN3O/c1-2-18-13-12(16)9(5-6-19-13)14(21)20-11-4-3-8(15)7-10(11)17/h3-7H,2H2,1H3,(H,18,19)(H,20,21). The number of carbonyl (C=O) groups is 1. The van der Waals surface area contributed by atoms with Gasteiger partial charge in [-0.2, -0.15) is 0 Å². The zero-order valence-corrected chi connectivity index (χ0v) is 14.0. The molecule has 0 unspecified atom stereocenters. The van der Waals surface area contributed by atoms with Gasteiger partial charge in [-0.15, -0.1) is 0 Å². The van der Waals surface area contributed by atoms with E-state index in [0.717, 1.165) is 3.57 Å². The van der Waals surface area contributed by atoms with Gasteiger partial charge in [0.2, 0.25) is 0 Å². The third-order valence-corrected chi connectivity index (χ3v) is 3.78. The van der Waals surface area contributed by atoms with Crippen molar-refractivity contribution in [3.8, 4) is 0 Å². The number of carbonyl (C=O) groups excluding carboxylic acids is 1. The fourth-order valence-electron chi connectivity index (χ4n) is 1.69. The summed E-state index contributed by atoms with van der Waals surface area (Å²) >= 11 is 7.91. The summed E-state index contributed by atoms with van der Waals surface area (Å²) in [6.07, 6.45) is 1.39. The number of benzene rings is 1. The Balaban J connectivity index is 2.26. The van der Waals surface area contributed by atoms with Crippen LogP contribution < -0.4 is 10.6 Å². The van der Waals surface area contributed by atoms with Crippen LogP contribution in [0.1, 0.15) is 17.3 Å². The molecule has 0 bridgehead atoms. The fraction of sp³-hybridized carbons (Fsp3) is 0.143. The Hall–Kier alpha value is -1.41. The van der Waals surface area contributed by atoms with Gasteiger partial charge in [0.15, 0.2) is 11.6 Å². The van der Waals surface area contributed by atoms with Gasteiger partial charge in [-0.25, -0.2) is 9.37 Å². The number of halogens is 3. The minimum Gasteiger partial charge on any atom is -0.368 e. The van der Waals surface area contributed by atoms with Crippen LogP contribution in [-0.4, -0.2) is 17.4 Å². The molecular formula is C14H12ClFIN3O. The van der Waals surface area contributed by atoms with E-state index in [0.29, 0.717) is 17.3 Å². The van der Waals surface area contributed by atoms with Crippen LogP contribution in [0.4, 0.5) is 15.9 Å². The largest absolute Gasteiger partial charge is 0.368 e. The number of nitrogens with zero attached hydrogens (tertiary/aromatic N) is 1. The molecule has 110 valence electrons. The maximum atomic E-state index is 14.2. The van der Waals surface area contributed by atoms with Crippen LogP contribution in [0, 0.1) is 9.39 Å². The molecule has 2 aromatic rings. The molecule has 0 radical (unpaired) electrons. The summed E-state index contributed by atoms with van der Waals surface area (Å²) in [5.41, 5.74) is 0.512. The lowest BCUT2D eigenvalue weighted by molar-refractivity contribution is 0.102. The Kier molecular flexibility index (Phi) is 5.35. The fourth-order valence-corrected chi connectivity index (χ4v) is 2.70. The normalized spacial score (nSPS) is 10.3. The summed E-state index contributed by atoms with van der Waals surface area (Å²) in [7, 11) is 0. The number of pyridine rings is 1. The van der Waals surface area contributed by atoms with E-state index in [2.05, 4.69) is 15.6 Å². The van der Waals surface area contributed by atoms with Crippen LogP contribution in [0.25, 0.3) is 0 Å². The molecule has 2 rings (SSSR count). The van der Waals surface area contributed by atoms with Gasteiger partial charge in [0.05, 0.1) is 11.3 Å². The molecule has 1 aromatic carbocycles. The summed E-state index contributed by atoms with van der Waals surface area (Å²) < 4.78 is 14.9. The van der Waals surface area contributed by atoms with Crippen molar-refractivity contribution < 1.29 is 9.18 Å². The average Bonchev–Trinajstić information content (AvgIpc) is 2.44. The first-order valence-electron chi connectivity index (χ1n) is 6.17. The van der Waals surface area contributed by atoms with Gasteiger partial charge in [-0.05, 0) is 53.8 Å². The second kappa shape index (κ2) is 7.04. The lowest BCUT2D eigenvalue weighted by Crippen LogP contribution is -2.16. The second-order valence-electron chi connectivity index (χ2n) is 4.13. The molecule has 1 aromatic heterocycles. The zero-order valence-electron chi connectivity index (χ0n) is 11.1. The molecule has 21 heavy (non-hydrogen) atoms. The number of amides is 1. The first kappa shape index (κ1) is 16.0. The van der Waals surface area contributed by atoms with Crippen LogP contribution in [0.5, 0.6) is 0 Å². The molecule has 2 N–H and O–H groups in total. The summed E-state index contributed by atoms with van der Waals surface area (Å²) in [5.74, 6) is -1.13. The molecule has 0 saturated heterocycles. The van der Waals surface area contributed by atoms with Gasteiger partial charge >= 0.3 is 0 Å². The predicted octanol–water partition coefficient (Wildman–Crippen LogP) is 4.16. The minimum atomic E-state index is -0.666. The monoisotopic (exact) mass is 419 g/mol. The van der Waals surface area contributed by atoms with Gasteiger partial charge in [0.25, 0.3) is 5.91 Å². The molecule has 1 heterocycles. The maximum absolute atomic E-state index is 14.2. The molecular weight excluding hydrogens is 408 g/mol. The van der Waals surface area contributed by atoms with E-state index in [4.69, 9.17) is 11.6 Å². The topological polar surface area (TPSA) is 54.0 Å². The molecule has 0 saturated carbocycles. The van der Waals surface area contributed by atoms with E-state index >= 15 is 0 Å². The van der Waals surface area contributed by atoms with E-state index in [1.54, 1.807) is 18.2 Å². The van der Waals surface area contributed by atoms with E-state index in [9.17, 15) is 9.18 Å². The zero-order chi connectivity index (χ0) is 15.4. The first-order valence-corrected chi connectivity index (χ1v) is 7.63. The molecule has 4 nitrogen and oxygen atoms in total. The van der Waals surface area contributed by atoms with E-state index in [-0.39, 0.29) is 11.4 Å². The molecule has 0 spiro atoms. The van der Waals surface area contributed by atoms with Crippen molar-refractivity contribution in [3.63, 3.8) is 0 Å². The van der Waals surface area contributed by atoms with Crippen molar-refractivity contribution in [2.45, 2.75) is 6.92 Å². The number of aromatic nitrogens is 1. The van der Waals surface area contributed by atoms with E-state index in [1.165, 1.54) is 12.3 Å². The highest BCUT2D eigenvalue weighted by molar-refractivity contribution is 14.1. The third-order valence-electron chi connectivity index (χ3n) is 2.66. The van der Waals surface area contributed by atoms with Crippen LogP contribution in [0.15, 0.2) is 30.5 Å². The lowest BCUT2D eigenvalue weighted by Gasteiger charge is -2.10. The highest BCUT2D eigenvalue weighted by Crippen LogP contribution is 2.23. The molecule has 0 fully saturated rings. The molecule has 1 amide bonds. The quantitative estimate of drug-likeness (QED) is 0.732. The molecule has 0 atom stereocenters. The minimum absolute atomic E-state index is 0.0632. The van der Waals surface area contributed by atoms with Gasteiger partial charge in [0, 0.05) is 21.3 Å². The number of rotatable bonds is 4. The highest BCUT2D eigenvalue weighted by atomic mass is 127. The van der Waals surface area contributed by atoms with Crippen molar-refractivity contribution in [1.82, 2.24) is 4.98 Å². The lowest BCUT2D eigenvalue weighted by atomic mass is 10.2. The maximum Gasteiger partial charge on any atom is 0.258 e. The number of hydrogen-bond donors (Lipinski definition) is 2. The van der Waals surface area contributed by atoms with Crippen molar-refractivity contribution >= 4 is 51.6 Å². The summed E-state index contributed by atoms with van der Waals surface area (Å²) in [6.45, 7) is 2.34. The Labute approximate surface area is 140 Å². The first-order chi connectivity index (χ1) is 10.0. The van der Waals surface area contributed by atoms with Crippen molar-refractivity contribution in [3.05, 3.63) is 50.4 Å². The van der Waals surface area contributed by atoms with Gasteiger partial charge in [0.1, 0.15) is 0 Å². The number of hydrogen-bond acceptors (Lipinski definition) is 3. The summed E-state index contributed by atoms with van der Waals surface area (Å²) in [5, 5.41) is 6.00. The van der Waals surface area contributed by atoms with Gasteiger partial charge in [-0.3, -0.25) is 4.79 Å². The van der Waals surface area contributed by atoms with E-state index in [1.807, 2.05) is 29.5 Å². The van der Waals surface area contributed by atoms with E-state index < -0.39 is 11.7 Å². The Bertz CT molecular complexity index is 681. The number of anilines is 2. The Morgan fingerprint density at radius 1 is 1.43 bits per heavy atom. The van der Waals surface area contributed by atoms with Crippen molar-refractivity contribution in [1.29, 1.82) is 0 Å². The molecule has 0 aliphatic carbocycles. The smallest absolute Gasteiger partial charge is 0.258 e.